The number of ether oxygens (including phenoxy) is 4. The molecular formula is C29H29ClO6. The highest BCUT2D eigenvalue weighted by Crippen LogP contribution is 2.25. The molecule has 0 heterocycles. The first-order valence-corrected chi connectivity index (χ1v) is 12.0. The van der Waals surface area contributed by atoms with Crippen molar-refractivity contribution in [2.75, 3.05) is 13.2 Å². The van der Waals surface area contributed by atoms with Crippen molar-refractivity contribution < 1.29 is 28.5 Å². The summed E-state index contributed by atoms with van der Waals surface area (Å²) in [5.74, 6) is 0.782. The fourth-order valence-corrected chi connectivity index (χ4v) is 3.64. The monoisotopic (exact) mass is 508 g/mol. The summed E-state index contributed by atoms with van der Waals surface area (Å²) in [6.07, 6.45) is 1.90. The third kappa shape index (κ3) is 8.47. The van der Waals surface area contributed by atoms with Gasteiger partial charge in [0.05, 0.1) is 11.7 Å². The number of carbonyl (C=O) groups is 2. The van der Waals surface area contributed by atoms with E-state index >= 15 is 0 Å². The molecule has 6 nitrogen and oxygen atoms in total. The minimum Gasteiger partial charge on any atom is -0.491 e. The van der Waals surface area contributed by atoms with E-state index in [9.17, 15) is 9.59 Å². The van der Waals surface area contributed by atoms with E-state index in [1.807, 2.05) is 50.2 Å². The Balaban J connectivity index is 1.51. The van der Waals surface area contributed by atoms with Crippen molar-refractivity contribution in [1.29, 1.82) is 0 Å². The Morgan fingerprint density at radius 3 is 1.97 bits per heavy atom. The SMILES string of the molecule is C=CC(=O)OCCOc1ccc(OC(=O)c2ccc(-c3ccc(OC(C)CC(C)Cl)cc3)cc2)cc1. The largest absolute Gasteiger partial charge is 0.491 e. The van der Waals surface area contributed by atoms with Gasteiger partial charge in [-0.05, 0) is 73.5 Å². The summed E-state index contributed by atoms with van der Waals surface area (Å²) in [7, 11) is 0. The molecule has 3 rings (SSSR count). The van der Waals surface area contributed by atoms with Gasteiger partial charge in [-0.3, -0.25) is 0 Å². The van der Waals surface area contributed by atoms with E-state index in [4.69, 9.17) is 30.5 Å². The molecule has 0 aliphatic rings. The van der Waals surface area contributed by atoms with Gasteiger partial charge >= 0.3 is 11.9 Å². The standard InChI is InChI=1S/C29H29ClO6/c1-4-28(31)34-18-17-33-25-13-15-27(16-14-25)36-29(32)24-7-5-22(6-8-24)23-9-11-26(12-10-23)35-21(3)19-20(2)30/h4-16,20-21H,1,17-19H2,2-3H3. The third-order valence-electron chi connectivity index (χ3n) is 5.10. The lowest BCUT2D eigenvalue weighted by atomic mass is 10.0. The maximum absolute atomic E-state index is 12.5. The van der Waals surface area contributed by atoms with Gasteiger partial charge in [0, 0.05) is 17.9 Å². The number of esters is 2. The minimum absolute atomic E-state index is 0.0336. The van der Waals surface area contributed by atoms with Gasteiger partial charge in [0.1, 0.15) is 30.5 Å². The molecule has 0 N–H and O–H groups in total. The molecule has 3 aromatic carbocycles. The van der Waals surface area contributed by atoms with Crippen LogP contribution < -0.4 is 14.2 Å². The topological polar surface area (TPSA) is 71.1 Å². The van der Waals surface area contributed by atoms with Gasteiger partial charge in [-0.25, -0.2) is 9.59 Å². The van der Waals surface area contributed by atoms with Gasteiger partial charge in [0.15, 0.2) is 0 Å². The van der Waals surface area contributed by atoms with E-state index in [0.717, 1.165) is 29.4 Å². The number of benzene rings is 3. The van der Waals surface area contributed by atoms with Crippen molar-refractivity contribution in [2.24, 2.45) is 0 Å². The zero-order valence-electron chi connectivity index (χ0n) is 20.3. The molecule has 0 saturated heterocycles. The summed E-state index contributed by atoms with van der Waals surface area (Å²) in [5, 5.41) is 0.0601. The molecule has 0 aliphatic heterocycles. The van der Waals surface area contributed by atoms with Crippen LogP contribution >= 0.6 is 11.6 Å². The molecule has 0 aromatic heterocycles. The Morgan fingerprint density at radius 1 is 0.833 bits per heavy atom. The molecule has 2 atom stereocenters. The Morgan fingerprint density at radius 2 is 1.39 bits per heavy atom. The van der Waals surface area contributed by atoms with Crippen molar-refractivity contribution in [3.8, 4) is 28.4 Å². The first kappa shape index (κ1) is 26.8. The summed E-state index contributed by atoms with van der Waals surface area (Å²) in [4.78, 5) is 23.5. The van der Waals surface area contributed by atoms with E-state index in [2.05, 4.69) is 6.58 Å². The maximum Gasteiger partial charge on any atom is 0.343 e. The van der Waals surface area contributed by atoms with Crippen LogP contribution in [0.4, 0.5) is 0 Å². The van der Waals surface area contributed by atoms with Crippen LogP contribution in [0.15, 0.2) is 85.5 Å². The average Bonchev–Trinajstić information content (AvgIpc) is 2.87. The quantitative estimate of drug-likeness (QED) is 0.0918. The predicted molar refractivity (Wildman–Crippen MR) is 140 cm³/mol. The predicted octanol–water partition coefficient (Wildman–Crippen LogP) is 6.47. The van der Waals surface area contributed by atoms with Crippen LogP contribution in [0.1, 0.15) is 30.6 Å². The van der Waals surface area contributed by atoms with E-state index in [1.165, 1.54) is 0 Å². The van der Waals surface area contributed by atoms with Gasteiger partial charge in [0.25, 0.3) is 0 Å². The molecule has 2 unspecified atom stereocenters. The van der Waals surface area contributed by atoms with Gasteiger partial charge in [0.2, 0.25) is 0 Å². The smallest absolute Gasteiger partial charge is 0.343 e. The molecular weight excluding hydrogens is 480 g/mol. The van der Waals surface area contributed by atoms with Gasteiger partial charge in [-0.1, -0.05) is 30.8 Å². The van der Waals surface area contributed by atoms with Crippen LogP contribution in [0, 0.1) is 0 Å². The number of halogens is 1. The van der Waals surface area contributed by atoms with Crippen LogP contribution in [0.3, 0.4) is 0 Å². The Bertz CT molecular complexity index is 1140. The highest BCUT2D eigenvalue weighted by Gasteiger charge is 2.11. The van der Waals surface area contributed by atoms with Crippen LogP contribution in [0.5, 0.6) is 17.2 Å². The number of hydrogen-bond acceptors (Lipinski definition) is 6. The molecule has 0 aliphatic carbocycles. The second kappa shape index (κ2) is 13.4. The Labute approximate surface area is 216 Å². The molecule has 0 bridgehead atoms. The van der Waals surface area contributed by atoms with Crippen LogP contribution in [0.25, 0.3) is 11.1 Å². The van der Waals surface area contributed by atoms with E-state index in [-0.39, 0.29) is 24.7 Å². The van der Waals surface area contributed by atoms with Gasteiger partial charge in [-0.2, -0.15) is 0 Å². The van der Waals surface area contributed by atoms with Crippen molar-refractivity contribution >= 4 is 23.5 Å². The van der Waals surface area contributed by atoms with Gasteiger partial charge < -0.3 is 18.9 Å². The second-order valence-corrected chi connectivity index (χ2v) is 8.87. The summed E-state index contributed by atoms with van der Waals surface area (Å²) >= 11 is 6.03. The molecule has 0 amide bonds. The summed E-state index contributed by atoms with van der Waals surface area (Å²) in [6, 6.07) is 21.6. The lowest BCUT2D eigenvalue weighted by molar-refractivity contribution is -0.138. The molecule has 36 heavy (non-hydrogen) atoms. The van der Waals surface area contributed by atoms with E-state index in [1.54, 1.807) is 36.4 Å². The van der Waals surface area contributed by atoms with Gasteiger partial charge in [-0.15, -0.1) is 11.6 Å². The van der Waals surface area contributed by atoms with Crippen molar-refractivity contribution in [3.63, 3.8) is 0 Å². The molecule has 7 heteroatoms. The highest BCUT2D eigenvalue weighted by atomic mass is 35.5. The molecule has 3 aromatic rings. The van der Waals surface area contributed by atoms with Crippen LogP contribution in [-0.4, -0.2) is 36.6 Å². The van der Waals surface area contributed by atoms with Crippen molar-refractivity contribution in [1.82, 2.24) is 0 Å². The first-order valence-electron chi connectivity index (χ1n) is 11.6. The zero-order valence-corrected chi connectivity index (χ0v) is 21.1. The number of alkyl halides is 1. The molecule has 0 radical (unpaired) electrons. The summed E-state index contributed by atoms with van der Waals surface area (Å²) in [5.41, 5.74) is 2.42. The average molecular weight is 509 g/mol. The van der Waals surface area contributed by atoms with E-state index < -0.39 is 11.9 Å². The fourth-order valence-electron chi connectivity index (χ4n) is 3.39. The maximum atomic E-state index is 12.5. The minimum atomic E-state index is -0.500. The Kier molecular flexibility index (Phi) is 9.95. The number of carbonyl (C=O) groups excluding carboxylic acids is 2. The molecule has 0 saturated carbocycles. The van der Waals surface area contributed by atoms with Crippen LogP contribution in [0.2, 0.25) is 0 Å². The van der Waals surface area contributed by atoms with Crippen LogP contribution in [-0.2, 0) is 9.53 Å². The highest BCUT2D eigenvalue weighted by molar-refractivity contribution is 6.20. The first-order chi connectivity index (χ1) is 17.3. The lowest BCUT2D eigenvalue weighted by Crippen LogP contribution is -2.15. The number of rotatable bonds is 12. The second-order valence-electron chi connectivity index (χ2n) is 8.13. The molecule has 0 spiro atoms. The fraction of sp³-hybridized carbons (Fsp3) is 0.241. The van der Waals surface area contributed by atoms with Crippen molar-refractivity contribution in [3.05, 3.63) is 91.0 Å². The van der Waals surface area contributed by atoms with E-state index in [0.29, 0.717) is 17.1 Å². The molecule has 188 valence electrons. The normalized spacial score (nSPS) is 12.2. The Hall–Kier alpha value is -3.77. The molecule has 0 fully saturated rings. The summed E-state index contributed by atoms with van der Waals surface area (Å²) < 4.78 is 21.7. The zero-order chi connectivity index (χ0) is 25.9. The van der Waals surface area contributed by atoms with Crippen molar-refractivity contribution in [2.45, 2.75) is 31.7 Å². The summed E-state index contributed by atoms with van der Waals surface area (Å²) in [6.45, 7) is 7.59. The third-order valence-corrected chi connectivity index (χ3v) is 5.28. The lowest BCUT2D eigenvalue weighted by Gasteiger charge is -2.16. The number of hydrogen-bond donors (Lipinski definition) is 0.